The van der Waals surface area contributed by atoms with Crippen molar-refractivity contribution < 1.29 is 14.4 Å². The third kappa shape index (κ3) is 3.93. The molecule has 3 rings (SSSR count). The maximum absolute atomic E-state index is 12.9. The molecule has 1 atom stereocenters. The number of amides is 4. The van der Waals surface area contributed by atoms with Gasteiger partial charge in [-0.1, -0.05) is 61.2 Å². The van der Waals surface area contributed by atoms with Crippen LogP contribution < -0.4 is 10.7 Å². The fraction of sp³-hybridized carbons (Fsp3) is 0.444. The van der Waals surface area contributed by atoms with Crippen molar-refractivity contribution in [3.63, 3.8) is 0 Å². The standard InChI is InChI=1S/C18H22N4O3S2/c1-2-18(13-8-4-3-5-9-13)15(24)22(16(25)19-18)20-14(23)12-27-17(26)21-10-6-7-11-21/h3-5,8-9H,2,6-7,10-12H2,1H3,(H,19,25)(H,20,23)/t18-/m1/s1. The molecule has 0 bridgehead atoms. The Morgan fingerprint density at radius 1 is 1.26 bits per heavy atom. The van der Waals surface area contributed by atoms with Gasteiger partial charge in [-0.3, -0.25) is 15.0 Å². The molecule has 1 aromatic rings. The Labute approximate surface area is 167 Å². The molecule has 2 aliphatic rings. The number of imide groups is 1. The van der Waals surface area contributed by atoms with Gasteiger partial charge < -0.3 is 10.2 Å². The van der Waals surface area contributed by atoms with Crippen molar-refractivity contribution in [2.24, 2.45) is 0 Å². The highest BCUT2D eigenvalue weighted by atomic mass is 32.2. The number of hydrogen-bond acceptors (Lipinski definition) is 5. The number of nitrogens with zero attached hydrogens (tertiary/aromatic N) is 2. The quantitative estimate of drug-likeness (QED) is 0.575. The predicted octanol–water partition coefficient (Wildman–Crippen LogP) is 1.99. The molecule has 2 heterocycles. The van der Waals surface area contributed by atoms with Crippen LogP contribution in [0.1, 0.15) is 31.7 Å². The first-order valence-corrected chi connectivity index (χ1v) is 10.3. The smallest absolute Gasteiger partial charge is 0.344 e. The number of rotatable bonds is 5. The third-order valence-corrected chi connectivity index (χ3v) is 6.34. The van der Waals surface area contributed by atoms with E-state index >= 15 is 0 Å². The number of hydrogen-bond donors (Lipinski definition) is 2. The zero-order chi connectivity index (χ0) is 19.4. The summed E-state index contributed by atoms with van der Waals surface area (Å²) in [6.45, 7) is 3.65. The monoisotopic (exact) mass is 406 g/mol. The van der Waals surface area contributed by atoms with Gasteiger partial charge in [0.1, 0.15) is 9.86 Å². The van der Waals surface area contributed by atoms with Crippen molar-refractivity contribution in [3.8, 4) is 0 Å². The molecule has 0 aliphatic carbocycles. The Hall–Kier alpha value is -2.13. The van der Waals surface area contributed by atoms with Gasteiger partial charge in [-0.15, -0.1) is 0 Å². The summed E-state index contributed by atoms with van der Waals surface area (Å²) in [5, 5.41) is 3.51. The molecule has 0 aromatic heterocycles. The molecule has 0 spiro atoms. The van der Waals surface area contributed by atoms with Crippen LogP contribution in [0.3, 0.4) is 0 Å². The first kappa shape index (κ1) is 19.6. The van der Waals surface area contributed by atoms with Gasteiger partial charge in [0.05, 0.1) is 5.75 Å². The summed E-state index contributed by atoms with van der Waals surface area (Å²) in [5.74, 6) is -0.872. The topological polar surface area (TPSA) is 81.8 Å². The number of hydrazine groups is 1. The first-order valence-electron chi connectivity index (χ1n) is 8.91. The molecule has 0 radical (unpaired) electrons. The summed E-state index contributed by atoms with van der Waals surface area (Å²) in [5.41, 5.74) is 1.94. The van der Waals surface area contributed by atoms with E-state index in [1.807, 2.05) is 25.1 Å². The van der Waals surface area contributed by atoms with E-state index in [1.165, 1.54) is 11.8 Å². The van der Waals surface area contributed by atoms with Gasteiger partial charge in [-0.05, 0) is 24.8 Å². The molecule has 9 heteroatoms. The Morgan fingerprint density at radius 2 is 1.93 bits per heavy atom. The zero-order valence-corrected chi connectivity index (χ0v) is 16.7. The molecule has 2 aliphatic heterocycles. The Morgan fingerprint density at radius 3 is 2.56 bits per heavy atom. The largest absolute Gasteiger partial charge is 0.358 e. The number of nitrogens with one attached hydrogen (secondary N) is 2. The van der Waals surface area contributed by atoms with E-state index in [1.54, 1.807) is 12.1 Å². The second-order valence-electron chi connectivity index (χ2n) is 6.48. The predicted molar refractivity (Wildman–Crippen MR) is 108 cm³/mol. The maximum Gasteiger partial charge on any atom is 0.344 e. The lowest BCUT2D eigenvalue weighted by molar-refractivity contribution is -0.138. The lowest BCUT2D eigenvalue weighted by atomic mass is 9.87. The van der Waals surface area contributed by atoms with Crippen molar-refractivity contribution >= 4 is 46.1 Å². The average molecular weight is 407 g/mol. The Kier molecular flexibility index (Phi) is 6.01. The maximum atomic E-state index is 12.9. The minimum atomic E-state index is -1.16. The fourth-order valence-corrected chi connectivity index (χ4v) is 4.36. The Bertz CT molecular complexity index is 752. The number of benzene rings is 1. The van der Waals surface area contributed by atoms with Crippen LogP contribution in [-0.2, 0) is 15.1 Å². The Balaban J connectivity index is 1.63. The van der Waals surface area contributed by atoms with Crippen molar-refractivity contribution in [1.82, 2.24) is 20.7 Å². The lowest BCUT2D eigenvalue weighted by Gasteiger charge is -2.25. The van der Waals surface area contributed by atoms with Gasteiger partial charge in [0, 0.05) is 13.1 Å². The van der Waals surface area contributed by atoms with E-state index in [0.29, 0.717) is 16.3 Å². The molecular weight excluding hydrogens is 384 g/mol. The van der Waals surface area contributed by atoms with Gasteiger partial charge >= 0.3 is 6.03 Å². The van der Waals surface area contributed by atoms with Crippen LogP contribution in [0.15, 0.2) is 30.3 Å². The SMILES string of the molecule is CC[C@]1(c2ccccc2)NC(=O)N(NC(=O)CSC(=S)N2CCCC2)C1=O. The van der Waals surface area contributed by atoms with Crippen molar-refractivity contribution in [2.75, 3.05) is 18.8 Å². The summed E-state index contributed by atoms with van der Waals surface area (Å²) >= 11 is 6.57. The van der Waals surface area contributed by atoms with Crippen LogP contribution in [0.25, 0.3) is 0 Å². The molecule has 0 unspecified atom stereocenters. The highest BCUT2D eigenvalue weighted by molar-refractivity contribution is 8.23. The normalized spacial score (nSPS) is 22.1. The third-order valence-electron chi connectivity index (χ3n) is 4.82. The molecule has 2 N–H and O–H groups in total. The van der Waals surface area contributed by atoms with Gasteiger partial charge in [0.15, 0.2) is 0 Å². The molecule has 144 valence electrons. The lowest BCUT2D eigenvalue weighted by Crippen LogP contribution is -2.49. The molecule has 7 nitrogen and oxygen atoms in total. The van der Waals surface area contributed by atoms with Crippen LogP contribution in [0.4, 0.5) is 4.79 Å². The molecule has 4 amide bonds. The molecule has 2 fully saturated rings. The molecular formula is C18H22N4O3S2. The average Bonchev–Trinajstić information content (AvgIpc) is 3.30. The van der Waals surface area contributed by atoms with E-state index in [2.05, 4.69) is 15.6 Å². The van der Waals surface area contributed by atoms with Gasteiger partial charge in [-0.2, -0.15) is 5.01 Å². The van der Waals surface area contributed by atoms with Crippen molar-refractivity contribution in [2.45, 2.75) is 31.7 Å². The van der Waals surface area contributed by atoms with Crippen LogP contribution >= 0.6 is 24.0 Å². The summed E-state index contributed by atoms with van der Waals surface area (Å²) < 4.78 is 0.673. The number of thiocarbonyl (C=S) groups is 1. The van der Waals surface area contributed by atoms with E-state index in [0.717, 1.165) is 30.9 Å². The van der Waals surface area contributed by atoms with Gasteiger partial charge in [0.25, 0.3) is 5.91 Å². The van der Waals surface area contributed by atoms with Crippen LogP contribution in [0.2, 0.25) is 0 Å². The number of carbonyl (C=O) groups is 3. The fourth-order valence-electron chi connectivity index (χ4n) is 3.31. The summed E-state index contributed by atoms with van der Waals surface area (Å²) in [6, 6.07) is 8.40. The summed E-state index contributed by atoms with van der Waals surface area (Å²) in [4.78, 5) is 39.6. The molecule has 1 aromatic carbocycles. The van der Waals surface area contributed by atoms with Crippen LogP contribution in [-0.4, -0.2) is 50.9 Å². The second-order valence-corrected chi connectivity index (χ2v) is 8.09. The van der Waals surface area contributed by atoms with Crippen LogP contribution in [0.5, 0.6) is 0 Å². The van der Waals surface area contributed by atoms with E-state index in [4.69, 9.17) is 12.2 Å². The minimum Gasteiger partial charge on any atom is -0.358 e. The molecule has 27 heavy (non-hydrogen) atoms. The highest BCUT2D eigenvalue weighted by Crippen LogP contribution is 2.31. The first-order chi connectivity index (χ1) is 13.0. The van der Waals surface area contributed by atoms with E-state index in [9.17, 15) is 14.4 Å². The summed E-state index contributed by atoms with van der Waals surface area (Å²) in [6.07, 6.45) is 2.59. The highest BCUT2D eigenvalue weighted by Gasteiger charge is 2.52. The minimum absolute atomic E-state index is 0.0524. The number of carbonyl (C=O) groups excluding carboxylic acids is 3. The van der Waals surface area contributed by atoms with Gasteiger partial charge in [0.2, 0.25) is 5.91 Å². The van der Waals surface area contributed by atoms with Crippen LogP contribution in [0, 0.1) is 0 Å². The van der Waals surface area contributed by atoms with E-state index < -0.39 is 23.4 Å². The number of thioether (sulfide) groups is 1. The second kappa shape index (κ2) is 8.26. The van der Waals surface area contributed by atoms with Gasteiger partial charge in [-0.25, -0.2) is 4.79 Å². The number of likely N-dealkylation sites (tertiary alicyclic amines) is 1. The molecule has 2 saturated heterocycles. The van der Waals surface area contributed by atoms with Crippen molar-refractivity contribution in [3.05, 3.63) is 35.9 Å². The summed E-state index contributed by atoms with van der Waals surface area (Å²) in [7, 11) is 0. The van der Waals surface area contributed by atoms with E-state index in [-0.39, 0.29) is 5.75 Å². The zero-order valence-electron chi connectivity index (χ0n) is 15.1. The van der Waals surface area contributed by atoms with Crippen molar-refractivity contribution in [1.29, 1.82) is 0 Å². The number of urea groups is 1. The molecule has 0 saturated carbocycles.